The maximum atomic E-state index is 2.32. The fourth-order valence-electron chi connectivity index (χ4n) is 1.88. The summed E-state index contributed by atoms with van der Waals surface area (Å²) in [5, 5.41) is 0. The van der Waals surface area contributed by atoms with Crippen molar-refractivity contribution in [2.24, 2.45) is 0 Å². The van der Waals surface area contributed by atoms with Gasteiger partial charge in [-0.15, -0.1) is 11.8 Å². The quantitative estimate of drug-likeness (QED) is 0.664. The van der Waals surface area contributed by atoms with Gasteiger partial charge in [-0.1, -0.05) is 23.8 Å². The molecule has 0 fully saturated rings. The van der Waals surface area contributed by atoms with Gasteiger partial charge in [0.05, 0.1) is 0 Å². The van der Waals surface area contributed by atoms with Gasteiger partial charge in [-0.2, -0.15) is 0 Å². The third-order valence-corrected chi connectivity index (χ3v) is 3.73. The Balaban J connectivity index is 2.36. The summed E-state index contributed by atoms with van der Waals surface area (Å²) in [6.45, 7) is 4.29. The minimum atomic E-state index is 1.10. The van der Waals surface area contributed by atoms with E-state index in [1.54, 1.807) is 11.8 Å². The van der Waals surface area contributed by atoms with E-state index in [4.69, 9.17) is 0 Å². The molecule has 15 heavy (non-hydrogen) atoms. The Labute approximate surface area is 96.1 Å². The van der Waals surface area contributed by atoms with Gasteiger partial charge in [0.15, 0.2) is 0 Å². The predicted molar refractivity (Wildman–Crippen MR) is 69.3 cm³/mol. The van der Waals surface area contributed by atoms with E-state index in [0.717, 1.165) is 6.42 Å². The summed E-state index contributed by atoms with van der Waals surface area (Å²) in [6.07, 6.45) is 7.73. The van der Waals surface area contributed by atoms with E-state index in [1.165, 1.54) is 27.2 Å². The molecule has 0 heterocycles. The molecule has 0 nitrogen and oxygen atoms in total. The molecular formula is C14H16S. The molecule has 1 aromatic carbocycles. The molecule has 0 aromatic heterocycles. The van der Waals surface area contributed by atoms with Crippen molar-refractivity contribution in [2.75, 3.05) is 6.26 Å². The molecule has 1 heteroatoms. The lowest BCUT2D eigenvalue weighted by atomic mass is 10.1. The van der Waals surface area contributed by atoms with Crippen LogP contribution in [-0.4, -0.2) is 6.26 Å². The highest BCUT2D eigenvalue weighted by atomic mass is 32.2. The molecule has 0 radical (unpaired) electrons. The molecule has 0 unspecified atom stereocenters. The van der Waals surface area contributed by atoms with Gasteiger partial charge in [-0.3, -0.25) is 0 Å². The molecule has 0 saturated heterocycles. The zero-order valence-corrected chi connectivity index (χ0v) is 10.3. The highest BCUT2D eigenvalue weighted by molar-refractivity contribution is 7.98. The largest absolute Gasteiger partial charge is 0.130 e. The first-order valence-corrected chi connectivity index (χ1v) is 6.48. The van der Waals surface area contributed by atoms with Crippen molar-refractivity contribution in [1.29, 1.82) is 0 Å². The van der Waals surface area contributed by atoms with Crippen LogP contribution in [0.3, 0.4) is 0 Å². The molecule has 78 valence electrons. The van der Waals surface area contributed by atoms with Crippen molar-refractivity contribution in [3.8, 4) is 0 Å². The van der Waals surface area contributed by atoms with E-state index < -0.39 is 0 Å². The van der Waals surface area contributed by atoms with E-state index in [2.05, 4.69) is 50.5 Å². The average Bonchev–Trinajstić information content (AvgIpc) is 2.70. The molecule has 1 aliphatic rings. The number of thioether (sulfide) groups is 1. The molecule has 0 atom stereocenters. The van der Waals surface area contributed by atoms with Crippen LogP contribution >= 0.6 is 11.8 Å². The van der Waals surface area contributed by atoms with Crippen LogP contribution in [0.15, 0.2) is 40.3 Å². The third-order valence-electron chi connectivity index (χ3n) is 3.00. The molecule has 0 aliphatic heterocycles. The first-order valence-electron chi connectivity index (χ1n) is 5.25. The van der Waals surface area contributed by atoms with E-state index >= 15 is 0 Å². The lowest BCUT2D eigenvalue weighted by Crippen LogP contribution is -1.86. The monoisotopic (exact) mass is 216 g/mol. The van der Waals surface area contributed by atoms with Crippen LogP contribution < -0.4 is 0 Å². The standard InChI is InChI=1S/C14H16S/c1-4-10(2)12-7-11-5-6-14(15-3)9-13(11)8-12/h4-6,8-9H,7H2,1-3H3/b10-4+. The average molecular weight is 216 g/mol. The SMILES string of the molecule is C/C=C(\C)C1=Cc2cc(SC)ccc2C1. The van der Waals surface area contributed by atoms with Crippen LogP contribution in [0.5, 0.6) is 0 Å². The van der Waals surface area contributed by atoms with Crippen LogP contribution in [0, 0.1) is 0 Å². The summed E-state index contributed by atoms with van der Waals surface area (Å²) in [4.78, 5) is 1.35. The number of hydrogen-bond acceptors (Lipinski definition) is 1. The summed E-state index contributed by atoms with van der Waals surface area (Å²) >= 11 is 1.81. The molecule has 0 amide bonds. The fourth-order valence-corrected chi connectivity index (χ4v) is 2.33. The number of fused-ring (bicyclic) bond motifs is 1. The van der Waals surface area contributed by atoms with E-state index in [0.29, 0.717) is 0 Å². The van der Waals surface area contributed by atoms with Gasteiger partial charge in [0.25, 0.3) is 0 Å². The summed E-state index contributed by atoms with van der Waals surface area (Å²) in [6, 6.07) is 6.76. The molecule has 0 spiro atoms. The first kappa shape index (κ1) is 10.6. The molecule has 2 rings (SSSR count). The smallest absolute Gasteiger partial charge is 0.00752 e. The Kier molecular flexibility index (Phi) is 3.01. The predicted octanol–water partition coefficient (Wildman–Crippen LogP) is 4.31. The first-order chi connectivity index (χ1) is 7.24. The Morgan fingerprint density at radius 3 is 2.87 bits per heavy atom. The van der Waals surface area contributed by atoms with E-state index in [-0.39, 0.29) is 0 Å². The topological polar surface area (TPSA) is 0 Å². The summed E-state index contributed by atoms with van der Waals surface area (Å²) in [7, 11) is 0. The number of allylic oxidation sites excluding steroid dienone is 3. The maximum absolute atomic E-state index is 2.32. The van der Waals surface area contributed by atoms with Gasteiger partial charge in [0.1, 0.15) is 0 Å². The molecule has 0 bridgehead atoms. The lowest BCUT2D eigenvalue weighted by Gasteiger charge is -2.01. The van der Waals surface area contributed by atoms with Gasteiger partial charge in [-0.25, -0.2) is 0 Å². The van der Waals surface area contributed by atoms with Gasteiger partial charge >= 0.3 is 0 Å². The minimum Gasteiger partial charge on any atom is -0.130 e. The third kappa shape index (κ3) is 2.03. The Bertz CT molecular complexity index is 439. The summed E-state index contributed by atoms with van der Waals surface area (Å²) in [5.74, 6) is 0. The highest BCUT2D eigenvalue weighted by Crippen LogP contribution is 2.31. The van der Waals surface area contributed by atoms with Crippen LogP contribution in [-0.2, 0) is 6.42 Å². The highest BCUT2D eigenvalue weighted by Gasteiger charge is 2.13. The lowest BCUT2D eigenvalue weighted by molar-refractivity contribution is 1.18. The van der Waals surface area contributed by atoms with E-state index in [1.807, 2.05) is 0 Å². The van der Waals surface area contributed by atoms with E-state index in [9.17, 15) is 0 Å². The summed E-state index contributed by atoms with van der Waals surface area (Å²) < 4.78 is 0. The number of rotatable bonds is 2. The zero-order chi connectivity index (χ0) is 10.8. The van der Waals surface area contributed by atoms with Gasteiger partial charge < -0.3 is 0 Å². The van der Waals surface area contributed by atoms with Crippen molar-refractivity contribution in [3.63, 3.8) is 0 Å². The van der Waals surface area contributed by atoms with Crippen LogP contribution in [0.25, 0.3) is 6.08 Å². The van der Waals surface area contributed by atoms with Crippen molar-refractivity contribution in [2.45, 2.75) is 25.2 Å². The Morgan fingerprint density at radius 1 is 1.40 bits per heavy atom. The van der Waals surface area contributed by atoms with Crippen molar-refractivity contribution >= 4 is 17.8 Å². The molecule has 0 saturated carbocycles. The Hall–Kier alpha value is -0.950. The zero-order valence-electron chi connectivity index (χ0n) is 9.50. The number of benzene rings is 1. The minimum absolute atomic E-state index is 1.10. The second-order valence-corrected chi connectivity index (χ2v) is 4.76. The van der Waals surface area contributed by atoms with Crippen molar-refractivity contribution < 1.29 is 0 Å². The molecular weight excluding hydrogens is 200 g/mol. The molecule has 1 aliphatic carbocycles. The van der Waals surface area contributed by atoms with Crippen molar-refractivity contribution in [3.05, 3.63) is 46.5 Å². The number of hydrogen-bond donors (Lipinski definition) is 0. The van der Waals surface area contributed by atoms with Crippen LogP contribution in [0.4, 0.5) is 0 Å². The fraction of sp³-hybridized carbons (Fsp3) is 0.286. The second kappa shape index (κ2) is 4.28. The van der Waals surface area contributed by atoms with Crippen molar-refractivity contribution in [1.82, 2.24) is 0 Å². The van der Waals surface area contributed by atoms with Crippen LogP contribution in [0.1, 0.15) is 25.0 Å². The van der Waals surface area contributed by atoms with Gasteiger partial charge in [0.2, 0.25) is 0 Å². The maximum Gasteiger partial charge on any atom is 0.00752 e. The van der Waals surface area contributed by atoms with Gasteiger partial charge in [0, 0.05) is 4.90 Å². The molecule has 0 N–H and O–H groups in total. The second-order valence-electron chi connectivity index (χ2n) is 3.88. The Morgan fingerprint density at radius 2 is 2.20 bits per heavy atom. The normalized spacial score (nSPS) is 15.1. The van der Waals surface area contributed by atoms with Crippen LogP contribution in [0.2, 0.25) is 0 Å². The summed E-state index contributed by atoms with van der Waals surface area (Å²) in [5.41, 5.74) is 5.73. The van der Waals surface area contributed by atoms with Gasteiger partial charge in [-0.05, 0) is 55.4 Å². The molecule has 1 aromatic rings.